The van der Waals surface area contributed by atoms with E-state index in [4.69, 9.17) is 9.47 Å². The number of hydrogen-bond acceptors (Lipinski definition) is 7. The van der Waals surface area contributed by atoms with E-state index in [1.165, 1.54) is 23.1 Å². The molecule has 9 heteroatoms. The van der Waals surface area contributed by atoms with Crippen LogP contribution in [0.5, 0.6) is 11.5 Å². The number of thioether (sulfide) groups is 1. The number of carbonyl (C=O) groups excluding carboxylic acids is 1. The van der Waals surface area contributed by atoms with Crippen LogP contribution in [0.4, 0.5) is 5.69 Å². The Morgan fingerprint density at radius 2 is 2.21 bits per heavy atom. The maximum absolute atomic E-state index is 12.1. The van der Waals surface area contributed by atoms with Gasteiger partial charge in [-0.2, -0.15) is 0 Å². The molecule has 0 bridgehead atoms. The largest absolute Gasteiger partial charge is 0.454 e. The molecule has 24 heavy (non-hydrogen) atoms. The minimum atomic E-state index is -0.202. The van der Waals surface area contributed by atoms with Crippen molar-refractivity contribution in [1.82, 2.24) is 9.97 Å². The van der Waals surface area contributed by atoms with Crippen molar-refractivity contribution in [2.75, 3.05) is 17.9 Å². The number of ether oxygens (including phenoxy) is 2. The highest BCUT2D eigenvalue weighted by atomic mass is 32.2. The molecule has 2 N–H and O–H groups in total. The van der Waals surface area contributed by atoms with Crippen LogP contribution in [-0.2, 0) is 4.79 Å². The fourth-order valence-corrected chi connectivity index (χ4v) is 3.62. The second kappa shape index (κ2) is 6.17. The third kappa shape index (κ3) is 2.95. The van der Waals surface area contributed by atoms with Crippen LogP contribution in [-0.4, -0.2) is 28.4 Å². The summed E-state index contributed by atoms with van der Waals surface area (Å²) in [5.41, 5.74) is 1.08. The van der Waals surface area contributed by atoms with Crippen molar-refractivity contribution in [2.24, 2.45) is 0 Å². The van der Waals surface area contributed by atoms with E-state index < -0.39 is 0 Å². The molecule has 1 amide bonds. The Labute approximate surface area is 144 Å². The number of aromatic amines is 1. The van der Waals surface area contributed by atoms with Crippen LogP contribution < -0.4 is 20.3 Å². The van der Waals surface area contributed by atoms with Gasteiger partial charge in [0.15, 0.2) is 16.7 Å². The molecule has 0 aliphatic carbocycles. The van der Waals surface area contributed by atoms with Crippen LogP contribution in [0.25, 0.3) is 10.2 Å². The molecular weight excluding hydrogens is 350 g/mol. The fraction of sp³-hybridized carbons (Fsp3) is 0.133. The summed E-state index contributed by atoms with van der Waals surface area (Å²) in [7, 11) is 0. The van der Waals surface area contributed by atoms with E-state index in [2.05, 4.69) is 15.3 Å². The standard InChI is InChI=1S/C15H11N3O4S2/c19-12(16-8-1-2-10-11(5-8)22-7-21-10)6-24-15-17-9-3-4-23-13(9)14(20)18-15/h1-5H,6-7H2,(H,16,19)(H,17,18,20). The average Bonchev–Trinajstić information content (AvgIpc) is 3.21. The predicted octanol–water partition coefficient (Wildman–Crippen LogP) is 2.44. The summed E-state index contributed by atoms with van der Waals surface area (Å²) in [6, 6.07) is 6.98. The molecule has 122 valence electrons. The lowest BCUT2D eigenvalue weighted by atomic mass is 10.3. The van der Waals surface area contributed by atoms with E-state index in [-0.39, 0.29) is 24.0 Å². The van der Waals surface area contributed by atoms with Gasteiger partial charge >= 0.3 is 0 Å². The Morgan fingerprint density at radius 1 is 1.33 bits per heavy atom. The van der Waals surface area contributed by atoms with E-state index in [9.17, 15) is 9.59 Å². The molecule has 0 saturated carbocycles. The molecule has 0 fully saturated rings. The highest BCUT2D eigenvalue weighted by Crippen LogP contribution is 2.34. The first-order chi connectivity index (χ1) is 11.7. The highest BCUT2D eigenvalue weighted by molar-refractivity contribution is 7.99. The molecule has 2 aromatic heterocycles. The number of aromatic nitrogens is 2. The normalized spacial score (nSPS) is 12.5. The molecule has 1 aliphatic heterocycles. The van der Waals surface area contributed by atoms with Crippen LogP contribution in [0.3, 0.4) is 0 Å². The van der Waals surface area contributed by atoms with Crippen LogP contribution in [0.2, 0.25) is 0 Å². The van der Waals surface area contributed by atoms with E-state index in [0.29, 0.717) is 32.6 Å². The van der Waals surface area contributed by atoms with Crippen LogP contribution >= 0.6 is 23.1 Å². The average molecular weight is 361 g/mol. The van der Waals surface area contributed by atoms with Gasteiger partial charge in [0.25, 0.3) is 5.56 Å². The first-order valence-electron chi connectivity index (χ1n) is 6.99. The Hall–Kier alpha value is -2.52. The van der Waals surface area contributed by atoms with Crippen molar-refractivity contribution >= 4 is 44.9 Å². The number of nitrogens with one attached hydrogen (secondary N) is 2. The van der Waals surface area contributed by atoms with Crippen LogP contribution in [0, 0.1) is 0 Å². The summed E-state index contributed by atoms with van der Waals surface area (Å²) in [5.74, 6) is 1.20. The lowest BCUT2D eigenvalue weighted by Crippen LogP contribution is -2.15. The highest BCUT2D eigenvalue weighted by Gasteiger charge is 2.14. The smallest absolute Gasteiger partial charge is 0.269 e. The van der Waals surface area contributed by atoms with Gasteiger partial charge < -0.3 is 19.8 Å². The van der Waals surface area contributed by atoms with Crippen molar-refractivity contribution in [2.45, 2.75) is 5.16 Å². The van der Waals surface area contributed by atoms with Gasteiger partial charge in [0.2, 0.25) is 12.7 Å². The predicted molar refractivity (Wildman–Crippen MR) is 92.2 cm³/mol. The zero-order valence-electron chi connectivity index (χ0n) is 12.2. The van der Waals surface area contributed by atoms with E-state index in [1.54, 1.807) is 24.3 Å². The van der Waals surface area contributed by atoms with Crippen molar-refractivity contribution in [3.05, 3.63) is 40.0 Å². The Morgan fingerprint density at radius 3 is 3.12 bits per heavy atom. The Kier molecular flexibility index (Phi) is 3.87. The molecule has 0 saturated heterocycles. The molecule has 0 spiro atoms. The maximum atomic E-state index is 12.1. The number of amides is 1. The quantitative estimate of drug-likeness (QED) is 0.548. The van der Waals surface area contributed by atoms with Crippen molar-refractivity contribution in [3.63, 3.8) is 0 Å². The molecule has 4 rings (SSSR count). The van der Waals surface area contributed by atoms with E-state index >= 15 is 0 Å². The molecule has 0 radical (unpaired) electrons. The number of rotatable bonds is 4. The third-order valence-electron chi connectivity index (χ3n) is 3.29. The van der Waals surface area contributed by atoms with Gasteiger partial charge in [0, 0.05) is 11.8 Å². The first kappa shape index (κ1) is 15.0. The molecule has 3 aromatic rings. The minimum absolute atomic E-state index is 0.132. The number of carbonyl (C=O) groups is 1. The topological polar surface area (TPSA) is 93.3 Å². The molecule has 0 unspecified atom stereocenters. The first-order valence-corrected chi connectivity index (χ1v) is 8.85. The van der Waals surface area contributed by atoms with Crippen molar-refractivity contribution in [3.8, 4) is 11.5 Å². The molecule has 1 aromatic carbocycles. The van der Waals surface area contributed by atoms with E-state index in [1.807, 2.05) is 5.38 Å². The van der Waals surface area contributed by atoms with E-state index in [0.717, 1.165) is 0 Å². The summed E-state index contributed by atoms with van der Waals surface area (Å²) in [4.78, 5) is 30.9. The minimum Gasteiger partial charge on any atom is -0.454 e. The second-order valence-electron chi connectivity index (χ2n) is 4.91. The number of fused-ring (bicyclic) bond motifs is 2. The maximum Gasteiger partial charge on any atom is 0.269 e. The van der Waals surface area contributed by atoms with Gasteiger partial charge in [-0.3, -0.25) is 9.59 Å². The number of H-pyrrole nitrogens is 1. The molecule has 0 atom stereocenters. The molecule has 1 aliphatic rings. The number of thiophene rings is 1. The zero-order chi connectivity index (χ0) is 16.5. The van der Waals surface area contributed by atoms with Gasteiger partial charge in [0.1, 0.15) is 4.70 Å². The third-order valence-corrected chi connectivity index (χ3v) is 5.07. The SMILES string of the molecule is O=C(CSc1nc2ccsc2c(=O)[nH]1)Nc1ccc2c(c1)OCO2. The molecule has 3 heterocycles. The number of anilines is 1. The Balaban J connectivity index is 1.41. The number of benzene rings is 1. The van der Waals surface area contributed by atoms with Gasteiger partial charge in [0.05, 0.1) is 11.3 Å². The van der Waals surface area contributed by atoms with Gasteiger partial charge in [-0.1, -0.05) is 11.8 Å². The van der Waals surface area contributed by atoms with Crippen molar-refractivity contribution in [1.29, 1.82) is 0 Å². The van der Waals surface area contributed by atoms with Gasteiger partial charge in [-0.15, -0.1) is 11.3 Å². The number of hydrogen-bond donors (Lipinski definition) is 2. The van der Waals surface area contributed by atoms with Gasteiger partial charge in [-0.25, -0.2) is 4.98 Å². The lowest BCUT2D eigenvalue weighted by Gasteiger charge is -2.06. The summed E-state index contributed by atoms with van der Waals surface area (Å²) in [6.07, 6.45) is 0. The van der Waals surface area contributed by atoms with Crippen LogP contribution in [0.15, 0.2) is 39.6 Å². The summed E-state index contributed by atoms with van der Waals surface area (Å²) >= 11 is 2.52. The molecular formula is C15H11N3O4S2. The fourth-order valence-electron chi connectivity index (χ4n) is 2.23. The summed E-state index contributed by atoms with van der Waals surface area (Å²) in [5, 5.41) is 5.01. The number of nitrogens with zero attached hydrogens (tertiary/aromatic N) is 1. The van der Waals surface area contributed by atoms with Gasteiger partial charge in [-0.05, 0) is 23.6 Å². The van der Waals surface area contributed by atoms with Crippen LogP contribution in [0.1, 0.15) is 0 Å². The summed E-state index contributed by atoms with van der Waals surface area (Å²) < 4.78 is 11.1. The molecule has 7 nitrogen and oxygen atoms in total. The summed E-state index contributed by atoms with van der Waals surface area (Å²) in [6.45, 7) is 0.187. The second-order valence-corrected chi connectivity index (χ2v) is 6.79. The zero-order valence-corrected chi connectivity index (χ0v) is 13.8. The van der Waals surface area contributed by atoms with Crippen molar-refractivity contribution < 1.29 is 14.3 Å². The lowest BCUT2D eigenvalue weighted by molar-refractivity contribution is -0.113. The monoisotopic (exact) mass is 361 g/mol. The Bertz CT molecular complexity index is 982.